The second-order valence-corrected chi connectivity index (χ2v) is 10.9. The Balaban J connectivity index is 1.54. The van der Waals surface area contributed by atoms with Crippen molar-refractivity contribution in [2.24, 2.45) is 17.8 Å². The highest BCUT2D eigenvalue weighted by Gasteiger charge is 2.75. The van der Waals surface area contributed by atoms with Crippen LogP contribution in [0.1, 0.15) is 26.2 Å². The summed E-state index contributed by atoms with van der Waals surface area (Å²) in [5.41, 5.74) is 0. The van der Waals surface area contributed by atoms with Gasteiger partial charge in [0.1, 0.15) is 6.04 Å². The summed E-state index contributed by atoms with van der Waals surface area (Å²) >= 11 is 1.69. The third kappa shape index (κ3) is 3.93. The molecule has 0 aromatic carbocycles. The number of nitrogens with zero attached hydrogens (tertiary/aromatic N) is 2. The normalized spacial score (nSPS) is 36.4. The van der Waals surface area contributed by atoms with E-state index in [2.05, 4.69) is 22.5 Å². The van der Waals surface area contributed by atoms with E-state index < -0.39 is 16.7 Å². The molecule has 0 aromatic heterocycles. The number of rotatable bonds is 9. The fourth-order valence-corrected chi connectivity index (χ4v) is 8.60. The van der Waals surface area contributed by atoms with Crippen molar-refractivity contribution in [2.45, 2.75) is 42.2 Å². The molecule has 0 aromatic rings. The Bertz CT molecular complexity index is 733. The highest BCUT2D eigenvalue weighted by molar-refractivity contribution is 8.02. The molecule has 1 spiro atoms. The molecule has 4 rings (SSSR count). The Kier molecular flexibility index (Phi) is 7.33. The van der Waals surface area contributed by atoms with Crippen molar-refractivity contribution < 1.29 is 24.2 Å². The minimum Gasteiger partial charge on any atom is -0.396 e. The van der Waals surface area contributed by atoms with Gasteiger partial charge in [0, 0.05) is 51.6 Å². The van der Waals surface area contributed by atoms with Crippen LogP contribution in [-0.2, 0) is 19.1 Å². The van der Waals surface area contributed by atoms with E-state index in [0.29, 0.717) is 39.1 Å². The van der Waals surface area contributed by atoms with Gasteiger partial charge in [0.2, 0.25) is 17.7 Å². The van der Waals surface area contributed by atoms with E-state index in [1.165, 1.54) is 0 Å². The number of fused-ring (bicyclic) bond motifs is 1. The number of aliphatic hydroxyl groups excluding tert-OH is 1. The molecule has 10 heteroatoms. The van der Waals surface area contributed by atoms with Crippen LogP contribution in [0.2, 0.25) is 0 Å². The fraction of sp³-hybridized carbons (Fsp3) is 0.864. The Labute approximate surface area is 194 Å². The lowest BCUT2D eigenvalue weighted by Gasteiger charge is -2.38. The minimum atomic E-state index is -0.581. The zero-order valence-electron chi connectivity index (χ0n) is 19.0. The molecule has 4 fully saturated rings. The number of hydrogen-bond donors (Lipinski definition) is 3. The topological polar surface area (TPSA) is 111 Å². The van der Waals surface area contributed by atoms with Gasteiger partial charge < -0.3 is 25.4 Å². The lowest BCUT2D eigenvalue weighted by atomic mass is 9.66. The van der Waals surface area contributed by atoms with Gasteiger partial charge in [-0.15, -0.1) is 11.8 Å². The molecule has 4 aliphatic heterocycles. The molecule has 3 unspecified atom stereocenters. The van der Waals surface area contributed by atoms with Gasteiger partial charge in [-0.2, -0.15) is 0 Å². The lowest BCUT2D eigenvalue weighted by Crippen LogP contribution is -2.57. The van der Waals surface area contributed by atoms with Crippen molar-refractivity contribution in [1.82, 2.24) is 20.4 Å². The van der Waals surface area contributed by atoms with Crippen molar-refractivity contribution in [3.63, 3.8) is 0 Å². The zero-order valence-corrected chi connectivity index (χ0v) is 19.9. The summed E-state index contributed by atoms with van der Waals surface area (Å²) < 4.78 is 4.82. The van der Waals surface area contributed by atoms with E-state index >= 15 is 0 Å². The molecule has 180 valence electrons. The summed E-state index contributed by atoms with van der Waals surface area (Å²) in [6.45, 7) is 7.03. The molecule has 4 aliphatic rings. The molecule has 3 N–H and O–H groups in total. The first-order chi connectivity index (χ1) is 15.5. The second kappa shape index (κ2) is 9.87. The fourth-order valence-electron chi connectivity index (χ4n) is 6.18. The number of carbonyl (C=O) groups is 3. The second-order valence-electron chi connectivity index (χ2n) is 9.37. The molecular weight excluding hydrogens is 432 g/mol. The summed E-state index contributed by atoms with van der Waals surface area (Å²) in [6, 6.07) is -0.581. The first-order valence-corrected chi connectivity index (χ1v) is 12.7. The number of aliphatic hydroxyl groups is 1. The Morgan fingerprint density at radius 3 is 2.66 bits per heavy atom. The van der Waals surface area contributed by atoms with Gasteiger partial charge in [0.05, 0.1) is 29.8 Å². The molecule has 0 saturated carbocycles. The quantitative estimate of drug-likeness (QED) is 0.384. The van der Waals surface area contributed by atoms with E-state index in [9.17, 15) is 19.5 Å². The monoisotopic (exact) mass is 468 g/mol. The van der Waals surface area contributed by atoms with E-state index in [4.69, 9.17) is 4.74 Å². The van der Waals surface area contributed by atoms with Crippen molar-refractivity contribution in [3.8, 4) is 0 Å². The summed E-state index contributed by atoms with van der Waals surface area (Å²) in [6.07, 6.45) is 2.06. The number of thioether (sulfide) groups is 1. The highest BCUT2D eigenvalue weighted by Crippen LogP contribution is 2.68. The first-order valence-electron chi connectivity index (χ1n) is 11.8. The van der Waals surface area contributed by atoms with Gasteiger partial charge in [-0.3, -0.25) is 19.3 Å². The summed E-state index contributed by atoms with van der Waals surface area (Å²) in [4.78, 5) is 44.0. The standard InChI is InChI=1S/C22H36N4O5S/c1-14-13-15-16(19(28)23-2)17-21(30)26(6-3-4-10-27)18(22(14,17)32-15)20(29)24-5-7-25-8-11-31-12-9-25/h14-18,27H,3-13H2,1-2H3,(H,23,28)(H,24,29)/t14?,15-,16+,17-,18?,22?/m0/s1. The van der Waals surface area contributed by atoms with Crippen LogP contribution >= 0.6 is 11.8 Å². The van der Waals surface area contributed by atoms with Crippen LogP contribution in [0.3, 0.4) is 0 Å². The van der Waals surface area contributed by atoms with Gasteiger partial charge in [-0.25, -0.2) is 0 Å². The molecule has 9 nitrogen and oxygen atoms in total. The van der Waals surface area contributed by atoms with Crippen LogP contribution in [-0.4, -0.2) is 108 Å². The van der Waals surface area contributed by atoms with Crippen molar-refractivity contribution in [1.29, 1.82) is 0 Å². The zero-order chi connectivity index (χ0) is 22.9. The maximum atomic E-state index is 13.6. The van der Waals surface area contributed by atoms with E-state index in [0.717, 1.165) is 26.1 Å². The maximum Gasteiger partial charge on any atom is 0.244 e. The first kappa shape index (κ1) is 23.8. The van der Waals surface area contributed by atoms with Gasteiger partial charge in [-0.05, 0) is 25.2 Å². The number of carbonyl (C=O) groups excluding carboxylic acids is 3. The Morgan fingerprint density at radius 2 is 1.97 bits per heavy atom. The predicted octanol–water partition coefficient (Wildman–Crippen LogP) is -0.709. The number of nitrogens with one attached hydrogen (secondary N) is 2. The maximum absolute atomic E-state index is 13.6. The van der Waals surface area contributed by atoms with Gasteiger partial charge in [0.25, 0.3) is 0 Å². The molecular formula is C22H36N4O5S. The lowest BCUT2D eigenvalue weighted by molar-refractivity contribution is -0.140. The number of likely N-dealkylation sites (tertiary alicyclic amines) is 1. The number of amides is 3. The van der Waals surface area contributed by atoms with Crippen molar-refractivity contribution in [2.75, 3.05) is 59.6 Å². The minimum absolute atomic E-state index is 0.0567. The van der Waals surface area contributed by atoms with E-state index in [-0.39, 0.29) is 41.4 Å². The molecule has 4 heterocycles. The van der Waals surface area contributed by atoms with Crippen molar-refractivity contribution in [3.05, 3.63) is 0 Å². The van der Waals surface area contributed by atoms with Crippen LogP contribution in [0, 0.1) is 17.8 Å². The molecule has 3 amide bonds. The number of hydrogen-bond acceptors (Lipinski definition) is 7. The van der Waals surface area contributed by atoms with E-state index in [1.807, 2.05) is 0 Å². The van der Waals surface area contributed by atoms with Gasteiger partial charge >= 0.3 is 0 Å². The van der Waals surface area contributed by atoms with Crippen LogP contribution in [0.25, 0.3) is 0 Å². The van der Waals surface area contributed by atoms with Crippen LogP contribution in [0.15, 0.2) is 0 Å². The summed E-state index contributed by atoms with van der Waals surface area (Å²) in [7, 11) is 1.61. The molecule has 0 radical (unpaired) electrons. The van der Waals surface area contributed by atoms with Gasteiger partial charge in [0.15, 0.2) is 0 Å². The van der Waals surface area contributed by atoms with Crippen LogP contribution in [0.4, 0.5) is 0 Å². The molecule has 4 saturated heterocycles. The smallest absolute Gasteiger partial charge is 0.244 e. The highest BCUT2D eigenvalue weighted by atomic mass is 32.2. The third-order valence-corrected chi connectivity index (χ3v) is 9.76. The van der Waals surface area contributed by atoms with E-state index in [1.54, 1.807) is 23.7 Å². The molecule has 6 atom stereocenters. The number of morpholine rings is 1. The summed E-state index contributed by atoms with van der Waals surface area (Å²) in [5, 5.41) is 15.1. The van der Waals surface area contributed by atoms with Gasteiger partial charge in [-0.1, -0.05) is 6.92 Å². The molecule has 32 heavy (non-hydrogen) atoms. The predicted molar refractivity (Wildman–Crippen MR) is 121 cm³/mol. The molecule has 2 bridgehead atoms. The largest absolute Gasteiger partial charge is 0.396 e. The van der Waals surface area contributed by atoms with Crippen molar-refractivity contribution >= 4 is 29.5 Å². The average Bonchev–Trinajstić information content (AvgIpc) is 3.38. The van der Waals surface area contributed by atoms with Crippen LogP contribution < -0.4 is 10.6 Å². The molecule has 0 aliphatic carbocycles. The number of ether oxygens (including phenoxy) is 1. The third-order valence-electron chi connectivity index (χ3n) is 7.68. The SMILES string of the molecule is CNC(=O)[C@@H]1[C@@H]2CC(C)C3(S2)C(C(=O)NCCN2CCOCC2)N(CCCCO)C(=O)[C@H]13. The Hall–Kier alpha value is -1.36. The average molecular weight is 469 g/mol. The summed E-state index contributed by atoms with van der Waals surface area (Å²) in [5.74, 6) is -0.976. The van der Waals surface area contributed by atoms with Crippen LogP contribution in [0.5, 0.6) is 0 Å². The number of unbranched alkanes of at least 4 members (excludes halogenated alkanes) is 1. The Morgan fingerprint density at radius 1 is 1.22 bits per heavy atom.